The van der Waals surface area contributed by atoms with Crippen molar-refractivity contribution in [3.8, 4) is 5.69 Å². The monoisotopic (exact) mass is 369 g/mol. The van der Waals surface area contributed by atoms with Gasteiger partial charge in [-0.15, -0.1) is 11.3 Å². The second kappa shape index (κ2) is 7.85. The number of likely N-dealkylation sites (N-methyl/N-ethyl adjacent to an activating group) is 1. The molecule has 26 heavy (non-hydrogen) atoms. The van der Waals surface area contributed by atoms with Gasteiger partial charge >= 0.3 is 0 Å². The summed E-state index contributed by atoms with van der Waals surface area (Å²) < 4.78 is 1.88. The fourth-order valence-corrected chi connectivity index (χ4v) is 3.81. The lowest BCUT2D eigenvalue weighted by molar-refractivity contribution is -0.884. The van der Waals surface area contributed by atoms with Gasteiger partial charge in [-0.05, 0) is 44.4 Å². The first-order valence-corrected chi connectivity index (χ1v) is 9.59. The molecule has 3 rings (SSSR count). The van der Waals surface area contributed by atoms with Crippen LogP contribution in [-0.4, -0.2) is 29.3 Å². The summed E-state index contributed by atoms with van der Waals surface area (Å²) in [4.78, 5) is 14.9. The summed E-state index contributed by atoms with van der Waals surface area (Å²) in [6, 6.07) is 12.4. The van der Waals surface area contributed by atoms with Crippen molar-refractivity contribution in [2.24, 2.45) is 0 Å². The molecule has 0 aliphatic heterocycles. The molecule has 5 nitrogen and oxygen atoms in total. The maximum Gasteiger partial charge on any atom is 0.279 e. The average molecular weight is 370 g/mol. The van der Waals surface area contributed by atoms with Crippen LogP contribution < -0.4 is 10.2 Å². The number of hydrogen-bond acceptors (Lipinski definition) is 3. The molecule has 1 atom stereocenters. The van der Waals surface area contributed by atoms with E-state index < -0.39 is 0 Å². The highest BCUT2D eigenvalue weighted by atomic mass is 32.1. The lowest BCUT2D eigenvalue weighted by atomic mass is 10.2. The highest BCUT2D eigenvalue weighted by molar-refractivity contribution is 7.09. The number of quaternary nitrogens is 1. The van der Waals surface area contributed by atoms with Gasteiger partial charge in [0.2, 0.25) is 0 Å². The number of hydrogen-bond donors (Lipinski definition) is 2. The number of nitrogens with zero attached hydrogens (tertiary/aromatic N) is 2. The molecule has 0 saturated heterocycles. The van der Waals surface area contributed by atoms with Crippen molar-refractivity contribution in [2.45, 2.75) is 27.3 Å². The van der Waals surface area contributed by atoms with Gasteiger partial charge in [-0.1, -0.05) is 23.8 Å². The predicted octanol–water partition coefficient (Wildman–Crippen LogP) is 2.51. The Bertz CT molecular complexity index is 881. The van der Waals surface area contributed by atoms with Crippen molar-refractivity contribution in [2.75, 3.05) is 18.9 Å². The van der Waals surface area contributed by atoms with Crippen molar-refractivity contribution in [3.05, 3.63) is 63.6 Å². The molecular weight excluding hydrogens is 344 g/mol. The van der Waals surface area contributed by atoms with Crippen molar-refractivity contribution >= 4 is 22.9 Å². The Labute approximate surface area is 158 Å². The van der Waals surface area contributed by atoms with E-state index in [1.165, 1.54) is 10.4 Å². The summed E-state index contributed by atoms with van der Waals surface area (Å²) in [7, 11) is 2.04. The van der Waals surface area contributed by atoms with E-state index in [4.69, 9.17) is 0 Å². The number of carbonyl (C=O) groups is 1. The molecule has 1 amide bonds. The Morgan fingerprint density at radius 2 is 1.92 bits per heavy atom. The second-order valence-corrected chi connectivity index (χ2v) is 7.76. The van der Waals surface area contributed by atoms with Gasteiger partial charge in [0, 0.05) is 0 Å². The predicted molar refractivity (Wildman–Crippen MR) is 106 cm³/mol. The number of amides is 1. The van der Waals surface area contributed by atoms with Crippen LogP contribution in [-0.2, 0) is 11.3 Å². The van der Waals surface area contributed by atoms with E-state index in [0.29, 0.717) is 6.54 Å². The zero-order valence-electron chi connectivity index (χ0n) is 15.7. The molecule has 0 spiro atoms. The quantitative estimate of drug-likeness (QED) is 0.701. The number of aromatic nitrogens is 2. The molecule has 0 aliphatic rings. The Kier molecular flexibility index (Phi) is 5.54. The van der Waals surface area contributed by atoms with Crippen molar-refractivity contribution in [3.63, 3.8) is 0 Å². The van der Waals surface area contributed by atoms with Gasteiger partial charge in [0.15, 0.2) is 6.54 Å². The number of nitrogens with one attached hydrogen (secondary N) is 2. The van der Waals surface area contributed by atoms with E-state index in [1.54, 1.807) is 11.3 Å². The molecule has 3 aromatic rings. The number of thiophene rings is 1. The van der Waals surface area contributed by atoms with Gasteiger partial charge in [-0.25, -0.2) is 4.68 Å². The standard InChI is InChI=1S/C20H24N4OS/c1-14-7-9-17(10-8-14)24-16(3)20(15(2)22-24)21-19(25)13-23(4)12-18-6-5-11-26-18/h5-11H,12-13H2,1-4H3,(H,21,25)/p+1. The minimum Gasteiger partial charge on any atom is -0.325 e. The van der Waals surface area contributed by atoms with Crippen LogP contribution in [0.25, 0.3) is 5.69 Å². The van der Waals surface area contributed by atoms with E-state index in [2.05, 4.69) is 40.9 Å². The molecular formula is C20H25N4OS+. The lowest BCUT2D eigenvalue weighted by Crippen LogP contribution is -3.08. The van der Waals surface area contributed by atoms with E-state index >= 15 is 0 Å². The Morgan fingerprint density at radius 3 is 2.58 bits per heavy atom. The van der Waals surface area contributed by atoms with Crippen LogP contribution in [0.2, 0.25) is 0 Å². The summed E-state index contributed by atoms with van der Waals surface area (Å²) in [5, 5.41) is 9.72. The number of aryl methyl sites for hydroxylation is 2. The van der Waals surface area contributed by atoms with E-state index in [-0.39, 0.29) is 5.91 Å². The van der Waals surface area contributed by atoms with Crippen molar-refractivity contribution in [1.82, 2.24) is 9.78 Å². The minimum atomic E-state index is 0.00807. The Balaban J connectivity index is 1.69. The fourth-order valence-electron chi connectivity index (χ4n) is 2.99. The van der Waals surface area contributed by atoms with Crippen LogP contribution in [0.5, 0.6) is 0 Å². The number of carbonyl (C=O) groups excluding carboxylic acids is 1. The summed E-state index contributed by atoms with van der Waals surface area (Å²) in [6.07, 6.45) is 0. The van der Waals surface area contributed by atoms with Crippen molar-refractivity contribution in [1.29, 1.82) is 0 Å². The second-order valence-electron chi connectivity index (χ2n) is 6.73. The number of benzene rings is 1. The zero-order chi connectivity index (χ0) is 18.7. The smallest absolute Gasteiger partial charge is 0.279 e. The molecule has 0 radical (unpaired) electrons. The highest BCUT2D eigenvalue weighted by Gasteiger charge is 2.17. The van der Waals surface area contributed by atoms with Gasteiger partial charge in [0.25, 0.3) is 5.91 Å². The molecule has 2 heterocycles. The summed E-state index contributed by atoms with van der Waals surface area (Å²) in [6.45, 7) is 7.25. The number of anilines is 1. The van der Waals surface area contributed by atoms with E-state index in [9.17, 15) is 4.79 Å². The van der Waals surface area contributed by atoms with Crippen LogP contribution >= 0.6 is 11.3 Å². The van der Waals surface area contributed by atoms with Crippen molar-refractivity contribution < 1.29 is 9.69 Å². The lowest BCUT2D eigenvalue weighted by Gasteiger charge is -2.13. The summed E-state index contributed by atoms with van der Waals surface area (Å²) in [5.41, 5.74) is 4.78. The van der Waals surface area contributed by atoms with Crippen LogP contribution in [0.3, 0.4) is 0 Å². The summed E-state index contributed by atoms with van der Waals surface area (Å²) >= 11 is 1.72. The first-order chi connectivity index (χ1) is 12.4. The molecule has 0 fully saturated rings. The first-order valence-electron chi connectivity index (χ1n) is 8.71. The van der Waals surface area contributed by atoms with Gasteiger partial charge in [-0.3, -0.25) is 4.79 Å². The largest absolute Gasteiger partial charge is 0.325 e. The molecule has 0 saturated carbocycles. The maximum atomic E-state index is 12.5. The van der Waals surface area contributed by atoms with Crippen LogP contribution in [0.4, 0.5) is 5.69 Å². The Hall–Kier alpha value is -2.44. The number of rotatable bonds is 6. The van der Waals surface area contributed by atoms with Gasteiger partial charge in [0.1, 0.15) is 6.54 Å². The third-order valence-electron chi connectivity index (χ3n) is 4.35. The fraction of sp³-hybridized carbons (Fsp3) is 0.300. The Morgan fingerprint density at radius 1 is 1.19 bits per heavy atom. The van der Waals surface area contributed by atoms with E-state index in [1.807, 2.05) is 43.8 Å². The molecule has 0 bridgehead atoms. The zero-order valence-corrected chi connectivity index (χ0v) is 16.5. The molecule has 1 unspecified atom stereocenters. The molecule has 2 aromatic heterocycles. The first kappa shape index (κ1) is 18.4. The topological polar surface area (TPSA) is 51.4 Å². The van der Waals surface area contributed by atoms with Gasteiger partial charge < -0.3 is 10.2 Å². The van der Waals surface area contributed by atoms with Gasteiger partial charge in [-0.2, -0.15) is 5.10 Å². The minimum absolute atomic E-state index is 0.00807. The van der Waals surface area contributed by atoms with Crippen LogP contribution in [0.15, 0.2) is 41.8 Å². The SMILES string of the molecule is Cc1ccc(-n2nc(C)c(NC(=O)C[NH+](C)Cc3cccs3)c2C)cc1. The highest BCUT2D eigenvalue weighted by Crippen LogP contribution is 2.22. The van der Waals surface area contributed by atoms with Gasteiger partial charge in [0.05, 0.1) is 34.7 Å². The molecule has 136 valence electrons. The molecule has 6 heteroatoms. The van der Waals surface area contributed by atoms with Crippen LogP contribution in [0, 0.1) is 20.8 Å². The third kappa shape index (κ3) is 4.20. The average Bonchev–Trinajstić information content (AvgIpc) is 3.19. The molecule has 0 aliphatic carbocycles. The third-order valence-corrected chi connectivity index (χ3v) is 5.23. The van der Waals surface area contributed by atoms with E-state index in [0.717, 1.165) is 34.2 Å². The van der Waals surface area contributed by atoms with Crippen LogP contribution in [0.1, 0.15) is 21.8 Å². The molecule has 1 aromatic carbocycles. The normalized spacial score (nSPS) is 12.2. The maximum absolute atomic E-state index is 12.5. The summed E-state index contributed by atoms with van der Waals surface area (Å²) in [5.74, 6) is 0.00807. The molecule has 2 N–H and O–H groups in total.